The van der Waals surface area contributed by atoms with E-state index in [1.807, 2.05) is 25.5 Å². The average Bonchev–Trinajstić information content (AvgIpc) is 3.00. The quantitative estimate of drug-likeness (QED) is 0.425. The monoisotopic (exact) mass is 435 g/mol. The Bertz CT molecular complexity index is 600. The molecule has 9 heteroatoms. The highest BCUT2D eigenvalue weighted by atomic mass is 127. The second-order valence-electron chi connectivity index (χ2n) is 4.66. The molecule has 0 atom stereocenters. The summed E-state index contributed by atoms with van der Waals surface area (Å²) in [5, 5.41) is 15.4. The van der Waals surface area contributed by atoms with E-state index in [1.54, 1.807) is 17.7 Å². The van der Waals surface area contributed by atoms with E-state index in [9.17, 15) is 0 Å². The van der Waals surface area contributed by atoms with E-state index in [4.69, 9.17) is 0 Å². The fraction of sp³-hybridized carbons (Fsp3) is 0.538. The summed E-state index contributed by atoms with van der Waals surface area (Å²) in [6.07, 6.45) is 1.67. The summed E-state index contributed by atoms with van der Waals surface area (Å²) in [5.74, 6) is 1.58. The lowest BCUT2D eigenvalue weighted by Crippen LogP contribution is -2.36. The van der Waals surface area contributed by atoms with Crippen molar-refractivity contribution in [1.82, 2.24) is 30.4 Å². The maximum atomic E-state index is 4.51. The highest BCUT2D eigenvalue weighted by Gasteiger charge is 2.05. The van der Waals surface area contributed by atoms with Crippen LogP contribution < -0.4 is 10.6 Å². The van der Waals surface area contributed by atoms with Crippen LogP contribution in [0.2, 0.25) is 0 Å². The summed E-state index contributed by atoms with van der Waals surface area (Å²) >= 11 is 1.71. The number of thiazole rings is 1. The van der Waals surface area contributed by atoms with E-state index in [-0.39, 0.29) is 24.0 Å². The van der Waals surface area contributed by atoms with Gasteiger partial charge in [-0.05, 0) is 20.8 Å². The molecule has 0 aliphatic carbocycles. The van der Waals surface area contributed by atoms with Gasteiger partial charge in [0, 0.05) is 18.5 Å². The molecule has 2 heterocycles. The first kappa shape index (κ1) is 18.8. The first-order valence-corrected chi connectivity index (χ1v) is 7.69. The number of hydrogen-bond acceptors (Lipinski definition) is 5. The third-order valence-corrected chi connectivity index (χ3v) is 4.08. The molecular weight excluding hydrogens is 413 g/mol. The fourth-order valence-corrected chi connectivity index (χ4v) is 2.59. The third kappa shape index (κ3) is 5.20. The van der Waals surface area contributed by atoms with Crippen LogP contribution in [0.4, 0.5) is 0 Å². The molecule has 0 fully saturated rings. The molecule has 0 amide bonds. The lowest BCUT2D eigenvalue weighted by atomic mass is 10.4. The summed E-state index contributed by atoms with van der Waals surface area (Å²) in [5.41, 5.74) is 1.10. The van der Waals surface area contributed by atoms with Crippen LogP contribution in [0, 0.1) is 13.8 Å². The van der Waals surface area contributed by atoms with Gasteiger partial charge in [0.05, 0.1) is 12.2 Å². The molecule has 2 rings (SSSR count). The van der Waals surface area contributed by atoms with Crippen molar-refractivity contribution in [1.29, 1.82) is 0 Å². The maximum absolute atomic E-state index is 4.51. The standard InChI is InChI=1S/C13H21N7S.HI/c1-5-14-13(15-6-11-19-17-8-20(11)4)16-7-12-18-9(2)10(3)21-12;/h8H,5-7H2,1-4H3,(H2,14,15,16);1H. The van der Waals surface area contributed by atoms with Crippen LogP contribution in [0.1, 0.15) is 28.3 Å². The average molecular weight is 435 g/mol. The van der Waals surface area contributed by atoms with Gasteiger partial charge in [-0.3, -0.25) is 0 Å². The van der Waals surface area contributed by atoms with E-state index in [2.05, 4.69) is 37.7 Å². The zero-order chi connectivity index (χ0) is 15.2. The normalized spacial score (nSPS) is 11.2. The van der Waals surface area contributed by atoms with Gasteiger partial charge in [0.15, 0.2) is 11.8 Å². The van der Waals surface area contributed by atoms with Gasteiger partial charge < -0.3 is 15.2 Å². The molecule has 0 aliphatic heterocycles. The van der Waals surface area contributed by atoms with Gasteiger partial charge in [-0.25, -0.2) is 9.98 Å². The molecule has 0 saturated carbocycles. The van der Waals surface area contributed by atoms with Crippen molar-refractivity contribution < 1.29 is 0 Å². The van der Waals surface area contributed by atoms with Crippen LogP contribution in [0.5, 0.6) is 0 Å². The smallest absolute Gasteiger partial charge is 0.192 e. The molecule has 7 nitrogen and oxygen atoms in total. The molecule has 22 heavy (non-hydrogen) atoms. The van der Waals surface area contributed by atoms with Gasteiger partial charge in [0.2, 0.25) is 0 Å². The number of guanidine groups is 1. The Hall–Kier alpha value is -1.23. The van der Waals surface area contributed by atoms with Gasteiger partial charge in [-0.2, -0.15) is 0 Å². The van der Waals surface area contributed by atoms with Crippen molar-refractivity contribution in [3.05, 3.63) is 27.7 Å². The van der Waals surface area contributed by atoms with Crippen molar-refractivity contribution >= 4 is 41.3 Å². The molecule has 0 radical (unpaired) electrons. The molecule has 2 N–H and O–H groups in total. The Morgan fingerprint density at radius 3 is 2.68 bits per heavy atom. The second-order valence-corrected chi connectivity index (χ2v) is 5.94. The van der Waals surface area contributed by atoms with Crippen molar-refractivity contribution in [3.8, 4) is 0 Å². The predicted octanol–water partition coefficient (Wildman–Crippen LogP) is 1.76. The van der Waals surface area contributed by atoms with Crippen LogP contribution in [-0.2, 0) is 20.1 Å². The van der Waals surface area contributed by atoms with E-state index in [0.29, 0.717) is 13.1 Å². The van der Waals surface area contributed by atoms with Gasteiger partial charge in [0.1, 0.15) is 17.9 Å². The van der Waals surface area contributed by atoms with Gasteiger partial charge in [0.25, 0.3) is 0 Å². The van der Waals surface area contributed by atoms with E-state index < -0.39 is 0 Å². The highest BCUT2D eigenvalue weighted by molar-refractivity contribution is 14.0. The summed E-state index contributed by atoms with van der Waals surface area (Å²) in [6, 6.07) is 0. The highest BCUT2D eigenvalue weighted by Crippen LogP contribution is 2.15. The summed E-state index contributed by atoms with van der Waals surface area (Å²) in [6.45, 7) is 8.12. The van der Waals surface area contributed by atoms with E-state index >= 15 is 0 Å². The number of aryl methyl sites for hydroxylation is 3. The Morgan fingerprint density at radius 2 is 2.14 bits per heavy atom. The fourth-order valence-electron chi connectivity index (χ4n) is 1.72. The Labute approximate surface area is 151 Å². The first-order chi connectivity index (χ1) is 10.1. The number of aliphatic imine (C=N–C) groups is 1. The molecule has 0 unspecified atom stereocenters. The minimum absolute atomic E-state index is 0. The summed E-state index contributed by atoms with van der Waals surface area (Å²) in [4.78, 5) is 10.3. The maximum Gasteiger partial charge on any atom is 0.192 e. The Kier molecular flexibility index (Phi) is 7.73. The van der Waals surface area contributed by atoms with E-state index in [1.165, 1.54) is 4.88 Å². The molecule has 0 spiro atoms. The van der Waals surface area contributed by atoms with Crippen LogP contribution in [0.3, 0.4) is 0 Å². The van der Waals surface area contributed by atoms with Crippen molar-refractivity contribution in [3.63, 3.8) is 0 Å². The van der Waals surface area contributed by atoms with E-state index in [0.717, 1.165) is 29.0 Å². The van der Waals surface area contributed by atoms with Crippen LogP contribution >= 0.6 is 35.3 Å². The molecule has 0 aromatic carbocycles. The van der Waals surface area contributed by atoms with Crippen LogP contribution in [0.15, 0.2) is 11.3 Å². The topological polar surface area (TPSA) is 80.0 Å². The number of hydrogen-bond donors (Lipinski definition) is 2. The second kappa shape index (κ2) is 9.03. The SMILES string of the molecule is CCNC(=NCc1nncn1C)NCc1nc(C)c(C)s1.I. The molecule has 2 aromatic rings. The summed E-state index contributed by atoms with van der Waals surface area (Å²) < 4.78 is 1.86. The van der Waals surface area contributed by atoms with Crippen molar-refractivity contribution in [2.75, 3.05) is 6.54 Å². The third-order valence-electron chi connectivity index (χ3n) is 3.01. The number of halogens is 1. The molecule has 122 valence electrons. The van der Waals surface area contributed by atoms with Gasteiger partial charge >= 0.3 is 0 Å². The predicted molar refractivity (Wildman–Crippen MR) is 99.7 cm³/mol. The number of aromatic nitrogens is 4. The Balaban J connectivity index is 0.00000242. The first-order valence-electron chi connectivity index (χ1n) is 6.88. The lowest BCUT2D eigenvalue weighted by molar-refractivity contribution is 0.765. The lowest BCUT2D eigenvalue weighted by Gasteiger charge is -2.09. The number of rotatable bonds is 5. The molecule has 0 saturated heterocycles. The van der Waals surface area contributed by atoms with Crippen LogP contribution in [0.25, 0.3) is 0 Å². The zero-order valence-corrected chi connectivity index (χ0v) is 16.4. The van der Waals surface area contributed by atoms with Crippen molar-refractivity contribution in [2.45, 2.75) is 33.9 Å². The minimum atomic E-state index is 0. The zero-order valence-electron chi connectivity index (χ0n) is 13.3. The largest absolute Gasteiger partial charge is 0.357 e. The van der Waals surface area contributed by atoms with Gasteiger partial charge in [-0.15, -0.1) is 45.5 Å². The molecule has 0 bridgehead atoms. The number of nitrogens with one attached hydrogen (secondary N) is 2. The van der Waals surface area contributed by atoms with Gasteiger partial charge in [-0.1, -0.05) is 0 Å². The minimum Gasteiger partial charge on any atom is -0.357 e. The number of nitrogens with zero attached hydrogens (tertiary/aromatic N) is 5. The van der Waals surface area contributed by atoms with Crippen molar-refractivity contribution in [2.24, 2.45) is 12.0 Å². The molecular formula is C13H22IN7S. The Morgan fingerprint density at radius 1 is 1.36 bits per heavy atom. The van der Waals surface area contributed by atoms with Crippen LogP contribution in [-0.4, -0.2) is 32.3 Å². The summed E-state index contributed by atoms with van der Waals surface area (Å²) in [7, 11) is 1.91. The molecule has 2 aromatic heterocycles. The molecule has 0 aliphatic rings.